The molecule has 0 spiro atoms. The van der Waals surface area contributed by atoms with Crippen LogP contribution in [0, 0.1) is 0 Å². The summed E-state index contributed by atoms with van der Waals surface area (Å²) < 4.78 is 43.7. The van der Waals surface area contributed by atoms with Gasteiger partial charge in [0.2, 0.25) is 0 Å². The van der Waals surface area contributed by atoms with Crippen molar-refractivity contribution in [3.05, 3.63) is 34.9 Å². The van der Waals surface area contributed by atoms with Gasteiger partial charge in [-0.25, -0.2) is 4.79 Å². The van der Waals surface area contributed by atoms with Crippen molar-refractivity contribution in [1.82, 2.24) is 10.2 Å². The highest BCUT2D eigenvalue weighted by Gasteiger charge is 2.40. The molecule has 2 aliphatic rings. The van der Waals surface area contributed by atoms with E-state index in [9.17, 15) is 13.2 Å². The molecule has 0 unspecified atom stereocenters. The number of alkyl halides is 3. The average molecular weight is 481 g/mol. The lowest BCUT2D eigenvalue weighted by Gasteiger charge is -2.48. The van der Waals surface area contributed by atoms with Gasteiger partial charge in [0.15, 0.2) is 0 Å². The number of aliphatic carboxylic acids is 1. The van der Waals surface area contributed by atoms with E-state index in [1.165, 1.54) is 18.4 Å². The summed E-state index contributed by atoms with van der Waals surface area (Å²) in [6.07, 6.45) is -1.57. The number of halogens is 4. The summed E-state index contributed by atoms with van der Waals surface area (Å²) in [5.41, 5.74) is 1.05. The quantitative estimate of drug-likeness (QED) is 0.668. The molecule has 2 fully saturated rings. The Hall–Kier alpha value is -1.39. The van der Waals surface area contributed by atoms with Crippen LogP contribution in [0.1, 0.15) is 32.3 Å². The van der Waals surface area contributed by atoms with Crippen LogP contribution in [-0.4, -0.2) is 79.3 Å². The molecule has 2 N–H and O–H groups in total. The topological polar surface area (TPSA) is 71.0 Å². The third-order valence-corrected chi connectivity index (χ3v) is 6.29. The van der Waals surface area contributed by atoms with E-state index >= 15 is 0 Å². The molecular formula is C22H32ClF3N2O4. The molecule has 182 valence electrons. The summed E-state index contributed by atoms with van der Waals surface area (Å²) >= 11 is 6.03. The van der Waals surface area contributed by atoms with Crippen molar-refractivity contribution >= 4 is 17.6 Å². The van der Waals surface area contributed by atoms with Crippen molar-refractivity contribution in [3.8, 4) is 0 Å². The first-order valence-electron chi connectivity index (χ1n) is 10.6. The summed E-state index contributed by atoms with van der Waals surface area (Å²) in [5.74, 6) is -2.76. The van der Waals surface area contributed by atoms with Gasteiger partial charge in [0, 0.05) is 30.8 Å². The second-order valence-electron chi connectivity index (χ2n) is 8.59. The molecule has 0 aliphatic carbocycles. The van der Waals surface area contributed by atoms with Crippen LogP contribution in [0.2, 0.25) is 5.02 Å². The van der Waals surface area contributed by atoms with Gasteiger partial charge in [-0.1, -0.05) is 23.7 Å². The third kappa shape index (κ3) is 7.88. The second-order valence-corrected chi connectivity index (χ2v) is 9.03. The molecule has 1 aromatic carbocycles. The molecule has 6 nitrogen and oxygen atoms in total. The number of rotatable bonds is 5. The SMILES string of the molecule is COC(C)(C)[C@H]1CN(C2CCNCC2)[C@@H](Cc2ccc(Cl)cc2)CO1.O=C(O)C(F)(F)F. The Kier molecular flexibility index (Phi) is 9.78. The van der Waals surface area contributed by atoms with Crippen LogP contribution in [0.25, 0.3) is 0 Å². The van der Waals surface area contributed by atoms with E-state index < -0.39 is 12.1 Å². The highest BCUT2D eigenvalue weighted by atomic mass is 35.5. The molecule has 0 bridgehead atoms. The van der Waals surface area contributed by atoms with E-state index in [-0.39, 0.29) is 11.7 Å². The van der Waals surface area contributed by atoms with Crippen LogP contribution < -0.4 is 5.32 Å². The van der Waals surface area contributed by atoms with E-state index in [1.807, 2.05) is 12.1 Å². The molecule has 0 amide bonds. The number of nitrogens with one attached hydrogen (secondary N) is 1. The Bertz CT molecular complexity index is 725. The Morgan fingerprint density at radius 3 is 2.31 bits per heavy atom. The number of hydrogen-bond donors (Lipinski definition) is 2. The van der Waals surface area contributed by atoms with Gasteiger partial charge >= 0.3 is 12.1 Å². The zero-order valence-electron chi connectivity index (χ0n) is 18.6. The van der Waals surface area contributed by atoms with Gasteiger partial charge in [0.1, 0.15) is 0 Å². The zero-order chi connectivity index (χ0) is 23.9. The molecule has 3 rings (SSSR count). The minimum Gasteiger partial charge on any atom is -0.475 e. The van der Waals surface area contributed by atoms with E-state index in [2.05, 4.69) is 36.2 Å². The molecule has 2 heterocycles. The molecule has 2 atom stereocenters. The largest absolute Gasteiger partial charge is 0.490 e. The standard InChI is InChI=1S/C20H31ClN2O2.C2HF3O2/c1-20(2,24-3)19-13-23(17-8-10-22-11-9-17)18(14-25-19)12-15-4-6-16(21)7-5-15;3-2(4,5)1(6)7/h4-7,17-19,22H,8-14H2,1-3H3;(H,6,7)/t18-,19+;/m0./s1. The number of methoxy groups -OCH3 is 1. The number of benzene rings is 1. The predicted molar refractivity (Wildman–Crippen MR) is 116 cm³/mol. The second kappa shape index (κ2) is 11.7. The van der Waals surface area contributed by atoms with Gasteiger partial charge in [0.05, 0.1) is 18.3 Å². The smallest absolute Gasteiger partial charge is 0.475 e. The Morgan fingerprint density at radius 2 is 1.81 bits per heavy atom. The molecule has 2 saturated heterocycles. The van der Waals surface area contributed by atoms with Gasteiger partial charge in [-0.2, -0.15) is 13.2 Å². The number of hydrogen-bond acceptors (Lipinski definition) is 5. The number of morpholine rings is 1. The van der Waals surface area contributed by atoms with Crippen LogP contribution in [0.15, 0.2) is 24.3 Å². The molecule has 0 aromatic heterocycles. The first kappa shape index (κ1) is 26.9. The van der Waals surface area contributed by atoms with Gasteiger partial charge in [0.25, 0.3) is 0 Å². The van der Waals surface area contributed by atoms with Crippen molar-refractivity contribution < 1.29 is 32.5 Å². The molecule has 0 saturated carbocycles. The monoisotopic (exact) mass is 480 g/mol. The predicted octanol–water partition coefficient (Wildman–Crippen LogP) is 3.76. The lowest BCUT2D eigenvalue weighted by atomic mass is 9.93. The van der Waals surface area contributed by atoms with E-state index in [0.29, 0.717) is 12.1 Å². The van der Waals surface area contributed by atoms with Crippen molar-refractivity contribution in [2.75, 3.05) is 33.4 Å². The van der Waals surface area contributed by atoms with Crippen LogP contribution >= 0.6 is 11.6 Å². The van der Waals surface area contributed by atoms with Crippen molar-refractivity contribution in [2.24, 2.45) is 0 Å². The molecule has 1 aromatic rings. The number of ether oxygens (including phenoxy) is 2. The lowest BCUT2D eigenvalue weighted by molar-refractivity contribution is -0.192. The number of carboxylic acids is 1. The summed E-state index contributed by atoms with van der Waals surface area (Å²) in [7, 11) is 1.78. The van der Waals surface area contributed by atoms with Gasteiger partial charge in [-0.05, 0) is 63.9 Å². The fraction of sp³-hybridized carbons (Fsp3) is 0.682. The van der Waals surface area contributed by atoms with Crippen LogP contribution in [0.3, 0.4) is 0 Å². The first-order valence-corrected chi connectivity index (χ1v) is 11.0. The van der Waals surface area contributed by atoms with Crippen molar-refractivity contribution in [1.29, 1.82) is 0 Å². The maximum absolute atomic E-state index is 10.6. The Balaban J connectivity index is 0.000000451. The van der Waals surface area contributed by atoms with Gasteiger partial charge in [-0.3, -0.25) is 4.90 Å². The fourth-order valence-corrected chi connectivity index (χ4v) is 4.05. The highest BCUT2D eigenvalue weighted by Crippen LogP contribution is 2.28. The number of piperidine rings is 1. The first-order chi connectivity index (χ1) is 14.9. The van der Waals surface area contributed by atoms with Crippen LogP contribution in [-0.2, 0) is 20.7 Å². The zero-order valence-corrected chi connectivity index (χ0v) is 19.4. The minimum absolute atomic E-state index is 0.105. The highest BCUT2D eigenvalue weighted by molar-refractivity contribution is 6.30. The van der Waals surface area contributed by atoms with Crippen LogP contribution in [0.4, 0.5) is 13.2 Å². The minimum atomic E-state index is -5.08. The van der Waals surface area contributed by atoms with Crippen LogP contribution in [0.5, 0.6) is 0 Å². The molecule has 0 radical (unpaired) electrons. The Labute approximate surface area is 192 Å². The van der Waals surface area contributed by atoms with E-state index in [4.69, 9.17) is 31.0 Å². The number of carbonyl (C=O) groups is 1. The summed E-state index contributed by atoms with van der Waals surface area (Å²) in [4.78, 5) is 11.6. The van der Waals surface area contributed by atoms with Crippen molar-refractivity contribution in [3.63, 3.8) is 0 Å². The fourth-order valence-electron chi connectivity index (χ4n) is 3.92. The lowest BCUT2D eigenvalue weighted by Crippen LogP contribution is -2.61. The van der Waals surface area contributed by atoms with Gasteiger partial charge < -0.3 is 19.9 Å². The summed E-state index contributed by atoms with van der Waals surface area (Å²) in [6, 6.07) is 9.26. The molecular weight excluding hydrogens is 449 g/mol. The summed E-state index contributed by atoms with van der Waals surface area (Å²) in [5, 5.41) is 11.4. The summed E-state index contributed by atoms with van der Waals surface area (Å²) in [6.45, 7) is 8.14. The average Bonchev–Trinajstić information content (AvgIpc) is 2.76. The molecule has 2 aliphatic heterocycles. The maximum Gasteiger partial charge on any atom is 0.490 e. The van der Waals surface area contributed by atoms with E-state index in [1.54, 1.807) is 7.11 Å². The van der Waals surface area contributed by atoms with Crippen molar-refractivity contribution in [2.45, 2.75) is 63.1 Å². The number of nitrogens with zero attached hydrogens (tertiary/aromatic N) is 1. The Morgan fingerprint density at radius 1 is 1.25 bits per heavy atom. The molecule has 10 heteroatoms. The molecule has 32 heavy (non-hydrogen) atoms. The normalized spacial score (nSPS) is 23.3. The number of carboxylic acid groups (broad SMARTS) is 1. The van der Waals surface area contributed by atoms with Gasteiger partial charge in [-0.15, -0.1) is 0 Å². The maximum atomic E-state index is 10.6. The van der Waals surface area contributed by atoms with E-state index in [0.717, 1.165) is 37.7 Å². The third-order valence-electron chi connectivity index (χ3n) is 6.04.